The maximum atomic E-state index is 12.3. The molecule has 0 bridgehead atoms. The van der Waals surface area contributed by atoms with Gasteiger partial charge in [0.05, 0.1) is 0 Å². The lowest BCUT2D eigenvalue weighted by molar-refractivity contribution is -0.176. The molecule has 0 radical (unpaired) electrons. The molecule has 0 N–H and O–H groups in total. The van der Waals surface area contributed by atoms with Crippen LogP contribution in [0.5, 0.6) is 0 Å². The maximum absolute atomic E-state index is 12.3. The third kappa shape index (κ3) is 3.57. The predicted molar refractivity (Wildman–Crippen MR) is 81.4 cm³/mol. The molecule has 116 valence electrons. The Morgan fingerprint density at radius 1 is 1.18 bits per heavy atom. The minimum absolute atomic E-state index is 0.167. The summed E-state index contributed by atoms with van der Waals surface area (Å²) >= 11 is 1.36. The molecule has 22 heavy (non-hydrogen) atoms. The number of ether oxygens (including phenoxy) is 2. The van der Waals surface area contributed by atoms with Gasteiger partial charge in [-0.1, -0.05) is 18.2 Å². The molecule has 5 nitrogen and oxygen atoms in total. The van der Waals surface area contributed by atoms with E-state index in [1.165, 1.54) is 37.8 Å². The van der Waals surface area contributed by atoms with Gasteiger partial charge in [-0.05, 0) is 24.3 Å². The van der Waals surface area contributed by atoms with Crippen LogP contribution in [-0.4, -0.2) is 35.2 Å². The van der Waals surface area contributed by atoms with Crippen molar-refractivity contribution in [1.82, 2.24) is 0 Å². The van der Waals surface area contributed by atoms with E-state index in [1.807, 2.05) is 30.3 Å². The first kappa shape index (κ1) is 16.3. The Balaban J connectivity index is 2.24. The van der Waals surface area contributed by atoms with Gasteiger partial charge in [-0.25, -0.2) is 0 Å². The molecule has 0 spiro atoms. The van der Waals surface area contributed by atoms with Crippen molar-refractivity contribution in [3.05, 3.63) is 42.5 Å². The molecule has 1 aromatic rings. The zero-order valence-electron chi connectivity index (χ0n) is 12.3. The monoisotopic (exact) mass is 320 g/mol. The molecule has 0 saturated heterocycles. The molecule has 2 rings (SSSR count). The van der Waals surface area contributed by atoms with Crippen molar-refractivity contribution in [3.63, 3.8) is 0 Å². The van der Waals surface area contributed by atoms with Gasteiger partial charge in [0.1, 0.15) is 0 Å². The van der Waals surface area contributed by atoms with E-state index in [0.29, 0.717) is 0 Å². The highest BCUT2D eigenvalue weighted by Gasteiger charge is 2.52. The van der Waals surface area contributed by atoms with Gasteiger partial charge < -0.3 is 9.47 Å². The molecule has 1 aliphatic rings. The van der Waals surface area contributed by atoms with Crippen molar-refractivity contribution in [2.75, 3.05) is 5.75 Å². The number of ketones is 1. The first-order valence-corrected chi connectivity index (χ1v) is 7.70. The predicted octanol–water partition coefficient (Wildman–Crippen LogP) is 2.15. The summed E-state index contributed by atoms with van der Waals surface area (Å²) < 4.78 is 10.4. The van der Waals surface area contributed by atoms with Crippen LogP contribution in [0.1, 0.15) is 13.8 Å². The van der Waals surface area contributed by atoms with Gasteiger partial charge in [-0.2, -0.15) is 0 Å². The number of esters is 2. The summed E-state index contributed by atoms with van der Waals surface area (Å²) in [6.45, 7) is 2.48. The number of hydrogen-bond acceptors (Lipinski definition) is 6. The fourth-order valence-electron chi connectivity index (χ4n) is 2.18. The van der Waals surface area contributed by atoms with E-state index in [4.69, 9.17) is 9.47 Å². The van der Waals surface area contributed by atoms with Gasteiger partial charge in [-0.3, -0.25) is 14.4 Å². The lowest BCUT2D eigenvalue weighted by atomic mass is 9.99. The second-order valence-corrected chi connectivity index (χ2v) is 5.89. The van der Waals surface area contributed by atoms with E-state index in [0.717, 1.165) is 4.90 Å². The molecule has 0 unspecified atom stereocenters. The van der Waals surface area contributed by atoms with Gasteiger partial charge in [-0.15, -0.1) is 11.8 Å². The molecule has 0 heterocycles. The fraction of sp³-hybridized carbons (Fsp3) is 0.312. The van der Waals surface area contributed by atoms with E-state index in [9.17, 15) is 14.4 Å². The molecule has 0 aliphatic heterocycles. The standard InChI is InChI=1S/C16H16O5S/c1-11(17)20-15-9-8-14(19)16(15,21-12(2)18)10-22-13-6-4-3-5-7-13/h3-9,15H,10H2,1-2H3/t15-,16-/m0/s1. The number of thioether (sulfide) groups is 1. The first-order valence-electron chi connectivity index (χ1n) is 6.71. The van der Waals surface area contributed by atoms with Crippen molar-refractivity contribution < 1.29 is 23.9 Å². The summed E-state index contributed by atoms with van der Waals surface area (Å²) in [5.41, 5.74) is -1.50. The highest BCUT2D eigenvalue weighted by molar-refractivity contribution is 7.99. The van der Waals surface area contributed by atoms with E-state index in [2.05, 4.69) is 0 Å². The molecular weight excluding hydrogens is 304 g/mol. The summed E-state index contributed by atoms with van der Waals surface area (Å²) in [5.74, 6) is -1.34. The third-order valence-corrected chi connectivity index (χ3v) is 4.29. The van der Waals surface area contributed by atoms with Gasteiger partial charge in [0.15, 0.2) is 6.10 Å². The molecule has 1 aromatic carbocycles. The Morgan fingerprint density at radius 2 is 1.86 bits per heavy atom. The minimum atomic E-state index is -1.50. The number of hydrogen-bond donors (Lipinski definition) is 0. The van der Waals surface area contributed by atoms with E-state index in [-0.39, 0.29) is 11.5 Å². The van der Waals surface area contributed by atoms with Crippen LogP contribution in [0.2, 0.25) is 0 Å². The van der Waals surface area contributed by atoms with Crippen molar-refractivity contribution in [3.8, 4) is 0 Å². The number of carbonyl (C=O) groups is 3. The van der Waals surface area contributed by atoms with Gasteiger partial charge >= 0.3 is 11.9 Å². The van der Waals surface area contributed by atoms with Crippen LogP contribution >= 0.6 is 11.8 Å². The third-order valence-electron chi connectivity index (χ3n) is 3.11. The van der Waals surface area contributed by atoms with Crippen LogP contribution < -0.4 is 0 Å². The molecule has 0 saturated carbocycles. The highest BCUT2D eigenvalue weighted by atomic mass is 32.2. The van der Waals surface area contributed by atoms with E-state index in [1.54, 1.807) is 0 Å². The molecule has 0 aromatic heterocycles. The largest absolute Gasteiger partial charge is 0.453 e. The number of benzene rings is 1. The van der Waals surface area contributed by atoms with Crippen molar-refractivity contribution in [1.29, 1.82) is 0 Å². The van der Waals surface area contributed by atoms with Crippen LogP contribution in [0.3, 0.4) is 0 Å². The van der Waals surface area contributed by atoms with Crippen LogP contribution in [0.15, 0.2) is 47.4 Å². The summed E-state index contributed by atoms with van der Waals surface area (Å²) in [6.07, 6.45) is 1.85. The van der Waals surface area contributed by atoms with Gasteiger partial charge in [0, 0.05) is 24.5 Å². The van der Waals surface area contributed by atoms with Crippen LogP contribution in [0.4, 0.5) is 0 Å². The Bertz CT molecular complexity index is 610. The zero-order chi connectivity index (χ0) is 16.2. The highest BCUT2D eigenvalue weighted by Crippen LogP contribution is 2.34. The van der Waals surface area contributed by atoms with Crippen LogP contribution in [0, 0.1) is 0 Å². The molecule has 6 heteroatoms. The molecule has 0 amide bonds. The summed E-state index contributed by atoms with van der Waals surface area (Å²) in [7, 11) is 0. The topological polar surface area (TPSA) is 69.7 Å². The lowest BCUT2D eigenvalue weighted by Gasteiger charge is -2.32. The van der Waals surface area contributed by atoms with Crippen LogP contribution in [0.25, 0.3) is 0 Å². The van der Waals surface area contributed by atoms with E-state index >= 15 is 0 Å². The maximum Gasteiger partial charge on any atom is 0.303 e. The lowest BCUT2D eigenvalue weighted by Crippen LogP contribution is -2.52. The van der Waals surface area contributed by atoms with Crippen molar-refractivity contribution >= 4 is 29.5 Å². The quantitative estimate of drug-likeness (QED) is 0.611. The Labute approximate surface area is 132 Å². The number of carbonyl (C=O) groups excluding carboxylic acids is 3. The van der Waals surface area contributed by atoms with Gasteiger partial charge in [0.25, 0.3) is 0 Å². The summed E-state index contributed by atoms with van der Waals surface area (Å²) in [6, 6.07) is 9.41. The Morgan fingerprint density at radius 3 is 2.45 bits per heavy atom. The van der Waals surface area contributed by atoms with Gasteiger partial charge in [0.2, 0.25) is 11.4 Å². The summed E-state index contributed by atoms with van der Waals surface area (Å²) in [5, 5.41) is 0. The SMILES string of the molecule is CC(=O)O[C@H]1C=CC(=O)[C@]1(CSc1ccccc1)OC(C)=O. The average molecular weight is 320 g/mol. The zero-order valence-corrected chi connectivity index (χ0v) is 13.1. The second kappa shape index (κ2) is 6.79. The van der Waals surface area contributed by atoms with Crippen molar-refractivity contribution in [2.24, 2.45) is 0 Å². The van der Waals surface area contributed by atoms with E-state index < -0.39 is 23.6 Å². The van der Waals surface area contributed by atoms with Crippen LogP contribution in [-0.2, 0) is 23.9 Å². The molecule has 0 fully saturated rings. The molecule has 2 atom stereocenters. The molecule has 1 aliphatic carbocycles. The smallest absolute Gasteiger partial charge is 0.303 e. The Hall–Kier alpha value is -2.08. The minimum Gasteiger partial charge on any atom is -0.453 e. The molecular formula is C16H16O5S. The average Bonchev–Trinajstić information content (AvgIpc) is 2.74. The summed E-state index contributed by atoms with van der Waals surface area (Å²) in [4.78, 5) is 35.9. The normalized spacial score (nSPS) is 23.4. The first-order chi connectivity index (χ1) is 10.4. The number of rotatable bonds is 5. The Kier molecular flexibility index (Phi) is 5.03. The fourth-order valence-corrected chi connectivity index (χ4v) is 3.28. The second-order valence-electron chi connectivity index (χ2n) is 4.84. The van der Waals surface area contributed by atoms with Crippen molar-refractivity contribution in [2.45, 2.75) is 30.4 Å².